The number of nitrogens with one attached hydrogen (secondary N) is 1. The molecule has 1 fully saturated rings. The maximum atomic E-state index is 13.7. The minimum Gasteiger partial charge on any atom is -0.497 e. The number of aliphatic hydroxyl groups excluding tert-OH is 1. The Balaban J connectivity index is 1.76. The van der Waals surface area contributed by atoms with E-state index in [2.05, 4.69) is 5.32 Å². The summed E-state index contributed by atoms with van der Waals surface area (Å²) < 4.78 is 45.1. The number of hydrogen-bond donors (Lipinski definition) is 2. The zero-order valence-corrected chi connectivity index (χ0v) is 26.3. The number of hydrogen-bond acceptors (Lipinski definition) is 7. The molecule has 1 unspecified atom stereocenters. The summed E-state index contributed by atoms with van der Waals surface area (Å²) in [5, 5.41) is 14.3. The first-order chi connectivity index (χ1) is 20.1. The van der Waals surface area contributed by atoms with Gasteiger partial charge in [-0.1, -0.05) is 57.0 Å². The number of methoxy groups -OCH3 is 1. The lowest BCUT2D eigenvalue weighted by atomic mass is 9.84. The van der Waals surface area contributed by atoms with E-state index in [1.54, 1.807) is 12.1 Å². The molecule has 1 saturated carbocycles. The highest BCUT2D eigenvalue weighted by Crippen LogP contribution is 2.41. The first-order valence-corrected chi connectivity index (χ1v) is 16.4. The standard InChI is InChI=1S/C32H48N2O7S/c1-5-40-20-19-32(17-9-10-18-32)24-41-31(36)33-29(21-26-11-7-6-8-12-26)30(35)23-34(22-25(2)3)42(37,38)28-15-13-27(39-4)14-16-28/h6-8,11-16,25,29-30,35H,5,9-10,17-24H2,1-4H3,(H,33,36)/t29?,30-/m1/s1. The fraction of sp³-hybridized carbons (Fsp3) is 0.594. The molecular weight excluding hydrogens is 556 g/mol. The van der Waals surface area contributed by atoms with Crippen molar-refractivity contribution >= 4 is 16.1 Å². The average molecular weight is 605 g/mol. The molecule has 0 spiro atoms. The van der Waals surface area contributed by atoms with Gasteiger partial charge < -0.3 is 24.6 Å². The van der Waals surface area contributed by atoms with E-state index in [1.165, 1.54) is 23.5 Å². The zero-order valence-electron chi connectivity index (χ0n) is 25.5. The Bertz CT molecular complexity index is 1180. The van der Waals surface area contributed by atoms with Crippen molar-refractivity contribution in [2.75, 3.05) is 40.0 Å². The topological polar surface area (TPSA) is 114 Å². The van der Waals surface area contributed by atoms with Crippen LogP contribution < -0.4 is 10.1 Å². The lowest BCUT2D eigenvalue weighted by Crippen LogP contribution is -2.51. The first kappa shape index (κ1) is 33.8. The second-order valence-corrected chi connectivity index (χ2v) is 13.6. The highest BCUT2D eigenvalue weighted by atomic mass is 32.2. The number of rotatable bonds is 17. The molecule has 2 aromatic rings. The maximum absolute atomic E-state index is 13.7. The van der Waals surface area contributed by atoms with E-state index in [9.17, 15) is 18.3 Å². The van der Waals surface area contributed by atoms with Crippen molar-refractivity contribution < 1.29 is 32.5 Å². The van der Waals surface area contributed by atoms with E-state index in [-0.39, 0.29) is 35.9 Å². The van der Waals surface area contributed by atoms with Gasteiger partial charge in [0.25, 0.3) is 0 Å². The van der Waals surface area contributed by atoms with E-state index in [0.717, 1.165) is 37.7 Å². The van der Waals surface area contributed by atoms with E-state index in [0.29, 0.717) is 25.4 Å². The molecule has 2 aromatic carbocycles. The molecule has 1 aliphatic carbocycles. The summed E-state index contributed by atoms with van der Waals surface area (Å²) >= 11 is 0. The largest absolute Gasteiger partial charge is 0.497 e. The van der Waals surface area contributed by atoms with Gasteiger partial charge in [-0.3, -0.25) is 0 Å². The highest BCUT2D eigenvalue weighted by Gasteiger charge is 2.36. The molecule has 1 aliphatic rings. The SMILES string of the molecule is CCOCCC1(COC(=O)NC(Cc2ccccc2)[C@H](O)CN(CC(C)C)S(=O)(=O)c2ccc(OC)cc2)CCCC1. The molecule has 2 N–H and O–H groups in total. The molecule has 0 bridgehead atoms. The van der Waals surface area contributed by atoms with E-state index in [4.69, 9.17) is 14.2 Å². The predicted octanol–water partition coefficient (Wildman–Crippen LogP) is 5.03. The third-order valence-corrected chi connectivity index (χ3v) is 9.72. The van der Waals surface area contributed by atoms with Gasteiger partial charge in [0.1, 0.15) is 5.75 Å². The van der Waals surface area contributed by atoms with Crippen LogP contribution in [-0.2, 0) is 25.9 Å². The van der Waals surface area contributed by atoms with Crippen molar-refractivity contribution in [2.45, 2.75) is 76.3 Å². The van der Waals surface area contributed by atoms with Crippen LogP contribution in [0.5, 0.6) is 5.75 Å². The van der Waals surface area contributed by atoms with Gasteiger partial charge in [0, 0.05) is 31.7 Å². The Morgan fingerprint density at radius 3 is 2.31 bits per heavy atom. The third-order valence-electron chi connectivity index (χ3n) is 7.88. The molecule has 234 valence electrons. The molecule has 0 aliphatic heterocycles. The Labute approximate surface area is 251 Å². The van der Waals surface area contributed by atoms with E-state index < -0.39 is 28.3 Å². The van der Waals surface area contributed by atoms with Crippen LogP contribution in [0.15, 0.2) is 59.5 Å². The van der Waals surface area contributed by atoms with Gasteiger partial charge in [0.2, 0.25) is 10.0 Å². The van der Waals surface area contributed by atoms with Crippen molar-refractivity contribution in [2.24, 2.45) is 11.3 Å². The molecule has 0 aromatic heterocycles. The van der Waals surface area contributed by atoms with Gasteiger partial charge in [-0.15, -0.1) is 0 Å². The summed E-state index contributed by atoms with van der Waals surface area (Å²) in [5.74, 6) is 0.558. The first-order valence-electron chi connectivity index (χ1n) is 15.0. The molecule has 0 radical (unpaired) electrons. The molecule has 2 atom stereocenters. The van der Waals surface area contributed by atoms with Crippen LogP contribution in [0, 0.1) is 11.3 Å². The number of alkyl carbamates (subject to hydrolysis) is 1. The number of nitrogens with zero attached hydrogens (tertiary/aromatic N) is 1. The van der Waals surface area contributed by atoms with Crippen LogP contribution in [0.4, 0.5) is 4.79 Å². The predicted molar refractivity (Wildman–Crippen MR) is 163 cm³/mol. The van der Waals surface area contributed by atoms with Gasteiger partial charge >= 0.3 is 6.09 Å². The van der Waals surface area contributed by atoms with Gasteiger partial charge in [-0.05, 0) is 68.4 Å². The zero-order chi connectivity index (χ0) is 30.6. The van der Waals surface area contributed by atoms with E-state index >= 15 is 0 Å². The molecule has 3 rings (SSSR count). The van der Waals surface area contributed by atoms with Crippen LogP contribution in [0.2, 0.25) is 0 Å². The fourth-order valence-corrected chi connectivity index (χ4v) is 7.12. The van der Waals surface area contributed by atoms with Crippen LogP contribution >= 0.6 is 0 Å². The number of carbonyl (C=O) groups is 1. The summed E-state index contributed by atoms with van der Waals surface area (Å²) in [4.78, 5) is 13.2. The Morgan fingerprint density at radius 2 is 1.71 bits per heavy atom. The Hall–Kier alpha value is -2.66. The van der Waals surface area contributed by atoms with Crippen LogP contribution in [0.1, 0.15) is 58.4 Å². The summed E-state index contributed by atoms with van der Waals surface area (Å²) in [6.07, 6.45) is 3.49. The van der Waals surface area contributed by atoms with E-state index in [1.807, 2.05) is 51.1 Å². The van der Waals surface area contributed by atoms with Crippen LogP contribution in [0.3, 0.4) is 0 Å². The molecular formula is C32H48N2O7S. The van der Waals surface area contributed by atoms with Gasteiger partial charge in [-0.2, -0.15) is 4.31 Å². The quantitative estimate of drug-likeness (QED) is 0.244. The van der Waals surface area contributed by atoms with Crippen molar-refractivity contribution in [3.63, 3.8) is 0 Å². The summed E-state index contributed by atoms with van der Waals surface area (Å²) in [5.41, 5.74) is 0.805. The molecule has 0 saturated heterocycles. The number of benzene rings is 2. The molecule has 10 heteroatoms. The monoisotopic (exact) mass is 604 g/mol. The normalized spacial score (nSPS) is 16.4. The van der Waals surface area contributed by atoms with Gasteiger partial charge in [0.05, 0.1) is 30.8 Å². The van der Waals surface area contributed by atoms with Crippen molar-refractivity contribution in [1.82, 2.24) is 9.62 Å². The Kier molecular flexibility index (Phi) is 13.1. The summed E-state index contributed by atoms with van der Waals surface area (Å²) in [7, 11) is -2.41. The number of carbonyl (C=O) groups excluding carboxylic acids is 1. The second kappa shape index (κ2) is 16.3. The lowest BCUT2D eigenvalue weighted by molar-refractivity contribution is 0.0421. The number of amides is 1. The molecule has 0 heterocycles. The van der Waals surface area contributed by atoms with Crippen molar-refractivity contribution in [3.8, 4) is 5.75 Å². The Morgan fingerprint density at radius 1 is 1.05 bits per heavy atom. The number of aliphatic hydroxyl groups is 1. The van der Waals surface area contributed by atoms with Crippen molar-refractivity contribution in [1.29, 1.82) is 0 Å². The molecule has 9 nitrogen and oxygen atoms in total. The molecule has 42 heavy (non-hydrogen) atoms. The number of sulfonamides is 1. The minimum absolute atomic E-state index is 0.00927. The second-order valence-electron chi connectivity index (χ2n) is 11.6. The van der Waals surface area contributed by atoms with Gasteiger partial charge in [-0.25, -0.2) is 13.2 Å². The molecule has 1 amide bonds. The van der Waals surface area contributed by atoms with Crippen molar-refractivity contribution in [3.05, 3.63) is 60.2 Å². The van der Waals surface area contributed by atoms with Gasteiger partial charge in [0.15, 0.2) is 0 Å². The third kappa shape index (κ3) is 9.97. The summed E-state index contributed by atoms with van der Waals surface area (Å²) in [6.45, 7) is 7.39. The highest BCUT2D eigenvalue weighted by molar-refractivity contribution is 7.89. The van der Waals surface area contributed by atoms with Crippen LogP contribution in [-0.4, -0.2) is 76.1 Å². The van der Waals surface area contributed by atoms with Crippen LogP contribution in [0.25, 0.3) is 0 Å². The summed E-state index contributed by atoms with van der Waals surface area (Å²) in [6, 6.07) is 14.9. The minimum atomic E-state index is -3.93. The smallest absolute Gasteiger partial charge is 0.407 e. The average Bonchev–Trinajstić information content (AvgIpc) is 3.45. The maximum Gasteiger partial charge on any atom is 0.407 e. The fourth-order valence-electron chi connectivity index (χ4n) is 5.50. The lowest BCUT2D eigenvalue weighted by Gasteiger charge is -2.31. The number of ether oxygens (including phenoxy) is 3.